The predicted octanol–water partition coefficient (Wildman–Crippen LogP) is 1.96. The molecule has 0 bridgehead atoms. The Morgan fingerprint density at radius 2 is 2.00 bits per heavy atom. The smallest absolute Gasteiger partial charge is 0.134 e. The Morgan fingerprint density at radius 1 is 1.25 bits per heavy atom. The Morgan fingerprint density at radius 3 is 2.69 bits per heavy atom. The van der Waals surface area contributed by atoms with Crippen LogP contribution < -0.4 is 10.2 Å². The first-order chi connectivity index (χ1) is 7.81. The Kier molecular flexibility index (Phi) is 2.42. The third-order valence-corrected chi connectivity index (χ3v) is 3.18. The average molecular weight is 218 g/mol. The molecular weight excluding hydrogens is 200 g/mol. The van der Waals surface area contributed by atoms with Crippen molar-refractivity contribution in [1.82, 2.24) is 9.97 Å². The molecule has 0 aromatic carbocycles. The number of hydrogen-bond acceptors (Lipinski definition) is 4. The van der Waals surface area contributed by atoms with Crippen LogP contribution in [0.2, 0.25) is 0 Å². The summed E-state index contributed by atoms with van der Waals surface area (Å²) in [5.74, 6) is 2.96. The molecule has 2 fully saturated rings. The van der Waals surface area contributed by atoms with Gasteiger partial charge in [-0.1, -0.05) is 0 Å². The predicted molar refractivity (Wildman–Crippen MR) is 64.9 cm³/mol. The maximum Gasteiger partial charge on any atom is 0.134 e. The van der Waals surface area contributed by atoms with Gasteiger partial charge in [0.2, 0.25) is 0 Å². The first-order valence-corrected chi connectivity index (χ1v) is 6.18. The van der Waals surface area contributed by atoms with Crippen LogP contribution >= 0.6 is 0 Å². The first-order valence-electron chi connectivity index (χ1n) is 6.18. The number of hydrogen-bond donors (Lipinski definition) is 1. The summed E-state index contributed by atoms with van der Waals surface area (Å²) in [4.78, 5) is 11.3. The lowest BCUT2D eigenvalue weighted by Gasteiger charge is -2.17. The summed E-state index contributed by atoms with van der Waals surface area (Å²) in [5.41, 5.74) is 0. The molecule has 16 heavy (non-hydrogen) atoms. The molecule has 0 amide bonds. The van der Waals surface area contributed by atoms with E-state index in [-0.39, 0.29) is 0 Å². The second kappa shape index (κ2) is 3.92. The van der Waals surface area contributed by atoms with Crippen LogP contribution in [0.25, 0.3) is 0 Å². The lowest BCUT2D eigenvalue weighted by molar-refractivity contribution is 0.907. The van der Waals surface area contributed by atoms with Crippen LogP contribution in [-0.4, -0.2) is 29.1 Å². The van der Waals surface area contributed by atoms with Gasteiger partial charge in [-0.15, -0.1) is 0 Å². The van der Waals surface area contributed by atoms with Crippen LogP contribution in [0.1, 0.15) is 31.5 Å². The van der Waals surface area contributed by atoms with Crippen molar-refractivity contribution in [3.63, 3.8) is 0 Å². The first kappa shape index (κ1) is 9.87. The number of anilines is 2. The third kappa shape index (κ3) is 2.10. The zero-order chi connectivity index (χ0) is 11.0. The van der Waals surface area contributed by atoms with E-state index in [1.165, 1.54) is 25.7 Å². The van der Waals surface area contributed by atoms with Crippen molar-refractivity contribution in [2.45, 2.75) is 38.6 Å². The molecule has 4 nitrogen and oxygen atoms in total. The summed E-state index contributed by atoms with van der Waals surface area (Å²) in [7, 11) is 0. The highest BCUT2D eigenvalue weighted by Gasteiger charge is 2.22. The Hall–Kier alpha value is -1.32. The molecule has 86 valence electrons. The maximum absolute atomic E-state index is 4.52. The van der Waals surface area contributed by atoms with Gasteiger partial charge < -0.3 is 10.2 Å². The Bertz CT molecular complexity index is 381. The lowest BCUT2D eigenvalue weighted by atomic mass is 10.4. The minimum Gasteiger partial charge on any atom is -0.367 e. The fourth-order valence-corrected chi connectivity index (χ4v) is 2.17. The number of nitrogens with one attached hydrogen (secondary N) is 1. The number of aromatic nitrogens is 2. The van der Waals surface area contributed by atoms with Crippen LogP contribution in [0.3, 0.4) is 0 Å². The molecular formula is C12H18N4. The highest BCUT2D eigenvalue weighted by atomic mass is 15.2. The van der Waals surface area contributed by atoms with E-state index in [1.807, 2.05) is 6.92 Å². The topological polar surface area (TPSA) is 41.1 Å². The van der Waals surface area contributed by atoms with Crippen molar-refractivity contribution >= 4 is 11.6 Å². The summed E-state index contributed by atoms with van der Waals surface area (Å²) >= 11 is 0. The second-order valence-electron chi connectivity index (χ2n) is 4.77. The summed E-state index contributed by atoms with van der Waals surface area (Å²) in [6.45, 7) is 4.25. The van der Waals surface area contributed by atoms with E-state index in [1.54, 1.807) is 0 Å². The van der Waals surface area contributed by atoms with Gasteiger partial charge in [-0.25, -0.2) is 9.97 Å². The van der Waals surface area contributed by atoms with Crippen molar-refractivity contribution in [3.05, 3.63) is 11.9 Å². The van der Waals surface area contributed by atoms with Gasteiger partial charge in [0.1, 0.15) is 17.5 Å². The highest BCUT2D eigenvalue weighted by molar-refractivity contribution is 5.50. The molecule has 1 saturated heterocycles. The molecule has 0 atom stereocenters. The van der Waals surface area contributed by atoms with Crippen LogP contribution in [0, 0.1) is 6.92 Å². The van der Waals surface area contributed by atoms with Gasteiger partial charge in [0.25, 0.3) is 0 Å². The molecule has 1 aromatic heterocycles. The molecule has 4 heteroatoms. The monoisotopic (exact) mass is 218 g/mol. The largest absolute Gasteiger partial charge is 0.367 e. The van der Waals surface area contributed by atoms with E-state index < -0.39 is 0 Å². The average Bonchev–Trinajstić information content (AvgIpc) is 2.90. The molecule has 0 radical (unpaired) electrons. The fraction of sp³-hybridized carbons (Fsp3) is 0.667. The van der Waals surface area contributed by atoms with E-state index in [2.05, 4.69) is 26.3 Å². The maximum atomic E-state index is 4.52. The number of nitrogens with zero attached hydrogens (tertiary/aromatic N) is 3. The summed E-state index contributed by atoms with van der Waals surface area (Å²) in [6, 6.07) is 2.75. The van der Waals surface area contributed by atoms with Gasteiger partial charge in [-0.3, -0.25) is 0 Å². The minimum atomic E-state index is 0.653. The molecule has 2 heterocycles. The Labute approximate surface area is 96.1 Å². The van der Waals surface area contributed by atoms with Crippen molar-refractivity contribution in [2.24, 2.45) is 0 Å². The van der Waals surface area contributed by atoms with Crippen molar-refractivity contribution in [3.8, 4) is 0 Å². The van der Waals surface area contributed by atoms with Crippen LogP contribution in [0.15, 0.2) is 6.07 Å². The zero-order valence-corrected chi connectivity index (χ0v) is 9.74. The number of rotatable bonds is 3. The third-order valence-electron chi connectivity index (χ3n) is 3.18. The van der Waals surface area contributed by atoms with Crippen molar-refractivity contribution < 1.29 is 0 Å². The van der Waals surface area contributed by atoms with E-state index >= 15 is 0 Å². The van der Waals surface area contributed by atoms with E-state index in [9.17, 15) is 0 Å². The SMILES string of the molecule is Cc1nc(NC2CC2)cc(N2CCCC2)n1. The Balaban J connectivity index is 1.82. The van der Waals surface area contributed by atoms with Gasteiger partial charge in [-0.05, 0) is 32.6 Å². The molecule has 1 saturated carbocycles. The summed E-state index contributed by atoms with van der Waals surface area (Å²) < 4.78 is 0. The molecule has 1 aromatic rings. The normalized spacial score (nSPS) is 20.2. The fourth-order valence-electron chi connectivity index (χ4n) is 2.17. The standard InChI is InChI=1S/C12H18N4/c1-9-13-11(15-10-4-5-10)8-12(14-9)16-6-2-3-7-16/h8,10H,2-7H2,1H3,(H,13,14,15). The molecule has 1 aliphatic heterocycles. The highest BCUT2D eigenvalue weighted by Crippen LogP contribution is 2.26. The van der Waals surface area contributed by atoms with E-state index in [4.69, 9.17) is 0 Å². The summed E-state index contributed by atoms with van der Waals surface area (Å²) in [5, 5.41) is 3.44. The molecule has 0 spiro atoms. The minimum absolute atomic E-state index is 0.653. The van der Waals surface area contributed by atoms with E-state index in [0.717, 1.165) is 30.5 Å². The van der Waals surface area contributed by atoms with Gasteiger partial charge in [0, 0.05) is 25.2 Å². The molecule has 1 N–H and O–H groups in total. The number of aryl methyl sites for hydroxylation is 1. The zero-order valence-electron chi connectivity index (χ0n) is 9.74. The quantitative estimate of drug-likeness (QED) is 0.842. The van der Waals surface area contributed by atoms with Crippen molar-refractivity contribution in [1.29, 1.82) is 0 Å². The van der Waals surface area contributed by atoms with Gasteiger partial charge >= 0.3 is 0 Å². The molecule has 2 aliphatic rings. The van der Waals surface area contributed by atoms with Gasteiger partial charge in [0.15, 0.2) is 0 Å². The van der Waals surface area contributed by atoms with Crippen molar-refractivity contribution in [2.75, 3.05) is 23.3 Å². The lowest BCUT2D eigenvalue weighted by Crippen LogP contribution is -2.20. The second-order valence-corrected chi connectivity index (χ2v) is 4.77. The van der Waals surface area contributed by atoms with Gasteiger partial charge in [-0.2, -0.15) is 0 Å². The van der Waals surface area contributed by atoms with Gasteiger partial charge in [0.05, 0.1) is 0 Å². The van der Waals surface area contributed by atoms with E-state index in [0.29, 0.717) is 6.04 Å². The van der Waals surface area contributed by atoms with Crippen LogP contribution in [-0.2, 0) is 0 Å². The van der Waals surface area contributed by atoms with Crippen LogP contribution in [0.5, 0.6) is 0 Å². The van der Waals surface area contributed by atoms with Crippen LogP contribution in [0.4, 0.5) is 11.6 Å². The molecule has 0 unspecified atom stereocenters. The summed E-state index contributed by atoms with van der Waals surface area (Å²) in [6.07, 6.45) is 5.13. The molecule has 3 rings (SSSR count). The molecule has 1 aliphatic carbocycles.